The summed E-state index contributed by atoms with van der Waals surface area (Å²) in [6.07, 6.45) is 1.49. The first-order valence-electron chi connectivity index (χ1n) is 5.36. The molecule has 1 aromatic heterocycles. The molecule has 6 heteroatoms. The number of nitrogens with zero attached hydrogens (tertiary/aromatic N) is 1. The lowest BCUT2D eigenvalue weighted by Gasteiger charge is -2.09. The van der Waals surface area contributed by atoms with Crippen molar-refractivity contribution < 1.29 is 9.90 Å². The fourth-order valence-corrected chi connectivity index (χ4v) is 2.19. The average molecular weight is 298 g/mol. The standard InChI is InChI=1S/C13H9Cl2NO3/c14-10-4-1-5-11(15)9(10)7-16-6-2-3-8(12(16)17)13(18)19/h1-6H,7H2,(H,18,19). The average Bonchev–Trinajstić information content (AvgIpc) is 2.35. The summed E-state index contributed by atoms with van der Waals surface area (Å²) in [6.45, 7) is 0.123. The van der Waals surface area contributed by atoms with Crippen LogP contribution in [0.5, 0.6) is 0 Å². The Labute approximate surface area is 118 Å². The molecule has 4 nitrogen and oxygen atoms in total. The van der Waals surface area contributed by atoms with E-state index in [9.17, 15) is 9.59 Å². The van der Waals surface area contributed by atoms with E-state index < -0.39 is 11.5 Å². The molecule has 1 aromatic carbocycles. The van der Waals surface area contributed by atoms with Gasteiger partial charge in [-0.05, 0) is 24.3 Å². The minimum Gasteiger partial charge on any atom is -0.477 e. The van der Waals surface area contributed by atoms with Crippen LogP contribution >= 0.6 is 23.2 Å². The molecule has 0 radical (unpaired) electrons. The van der Waals surface area contributed by atoms with Crippen LogP contribution in [0.15, 0.2) is 41.3 Å². The Bertz CT molecular complexity index is 674. The second kappa shape index (κ2) is 5.47. The maximum Gasteiger partial charge on any atom is 0.341 e. The molecule has 0 amide bonds. The van der Waals surface area contributed by atoms with Gasteiger partial charge >= 0.3 is 5.97 Å². The van der Waals surface area contributed by atoms with Crippen molar-refractivity contribution in [3.63, 3.8) is 0 Å². The van der Waals surface area contributed by atoms with E-state index >= 15 is 0 Å². The van der Waals surface area contributed by atoms with Gasteiger partial charge in [0, 0.05) is 21.8 Å². The highest BCUT2D eigenvalue weighted by Gasteiger charge is 2.12. The van der Waals surface area contributed by atoms with Crippen LogP contribution in [-0.2, 0) is 6.54 Å². The minimum absolute atomic E-state index is 0.123. The first-order chi connectivity index (χ1) is 9.00. The molecule has 2 rings (SSSR count). The van der Waals surface area contributed by atoms with Crippen LogP contribution in [0.25, 0.3) is 0 Å². The van der Waals surface area contributed by atoms with Crippen molar-refractivity contribution in [1.29, 1.82) is 0 Å². The van der Waals surface area contributed by atoms with Crippen LogP contribution in [-0.4, -0.2) is 15.6 Å². The second-order valence-corrected chi connectivity index (χ2v) is 4.67. The molecule has 0 aliphatic carbocycles. The summed E-state index contributed by atoms with van der Waals surface area (Å²) in [5, 5.41) is 9.76. The summed E-state index contributed by atoms with van der Waals surface area (Å²) in [5.41, 5.74) is -0.299. The van der Waals surface area contributed by atoms with Gasteiger partial charge in [-0.25, -0.2) is 4.79 Å². The Morgan fingerprint density at radius 2 is 1.79 bits per heavy atom. The van der Waals surface area contributed by atoms with E-state index in [4.69, 9.17) is 28.3 Å². The van der Waals surface area contributed by atoms with Gasteiger partial charge in [0.15, 0.2) is 0 Å². The molecule has 0 fully saturated rings. The Morgan fingerprint density at radius 3 is 2.37 bits per heavy atom. The smallest absolute Gasteiger partial charge is 0.341 e. The molecule has 0 unspecified atom stereocenters. The third kappa shape index (κ3) is 2.80. The molecule has 19 heavy (non-hydrogen) atoms. The Balaban J connectivity index is 2.48. The maximum absolute atomic E-state index is 11.9. The zero-order chi connectivity index (χ0) is 14.0. The molecule has 2 aromatic rings. The van der Waals surface area contributed by atoms with Crippen molar-refractivity contribution in [2.45, 2.75) is 6.54 Å². The molecule has 0 spiro atoms. The summed E-state index contributed by atoms with van der Waals surface area (Å²) in [7, 11) is 0. The molecule has 1 N–H and O–H groups in total. The summed E-state index contributed by atoms with van der Waals surface area (Å²) >= 11 is 12.0. The Hall–Kier alpha value is -1.78. The molecule has 1 heterocycles. The van der Waals surface area contributed by atoms with Crippen LogP contribution in [0, 0.1) is 0 Å². The van der Waals surface area contributed by atoms with E-state index in [0.717, 1.165) is 0 Å². The van der Waals surface area contributed by atoms with Crippen molar-refractivity contribution in [2.24, 2.45) is 0 Å². The quantitative estimate of drug-likeness (QED) is 0.947. The predicted octanol–water partition coefficient (Wildman–Crippen LogP) is 2.90. The Morgan fingerprint density at radius 1 is 1.16 bits per heavy atom. The van der Waals surface area contributed by atoms with Gasteiger partial charge in [0.05, 0.1) is 6.54 Å². The highest BCUT2D eigenvalue weighted by Crippen LogP contribution is 2.24. The molecular formula is C13H9Cl2NO3. The zero-order valence-electron chi connectivity index (χ0n) is 9.64. The molecule has 98 valence electrons. The van der Waals surface area contributed by atoms with Crippen LogP contribution in [0.1, 0.15) is 15.9 Å². The zero-order valence-corrected chi connectivity index (χ0v) is 11.1. The SMILES string of the molecule is O=C(O)c1cccn(Cc2c(Cl)cccc2Cl)c1=O. The molecule has 0 saturated heterocycles. The van der Waals surface area contributed by atoms with Crippen LogP contribution in [0.4, 0.5) is 0 Å². The molecule has 0 saturated carbocycles. The van der Waals surface area contributed by atoms with Crippen LogP contribution in [0.2, 0.25) is 10.0 Å². The number of carbonyl (C=O) groups is 1. The van der Waals surface area contributed by atoms with Crippen molar-refractivity contribution >= 4 is 29.2 Å². The van der Waals surface area contributed by atoms with Gasteiger partial charge in [0.2, 0.25) is 0 Å². The molecular weight excluding hydrogens is 289 g/mol. The van der Waals surface area contributed by atoms with Crippen molar-refractivity contribution in [3.8, 4) is 0 Å². The van der Waals surface area contributed by atoms with E-state index in [1.807, 2.05) is 0 Å². The molecule has 0 atom stereocenters. The van der Waals surface area contributed by atoms with Gasteiger partial charge in [0.1, 0.15) is 5.56 Å². The van der Waals surface area contributed by atoms with Gasteiger partial charge in [-0.1, -0.05) is 29.3 Å². The lowest BCUT2D eigenvalue weighted by Crippen LogP contribution is -2.26. The fourth-order valence-electron chi connectivity index (χ4n) is 1.68. The van der Waals surface area contributed by atoms with Crippen molar-refractivity contribution in [1.82, 2.24) is 4.57 Å². The third-order valence-corrected chi connectivity index (χ3v) is 3.35. The summed E-state index contributed by atoms with van der Waals surface area (Å²) in [5.74, 6) is -1.26. The first-order valence-corrected chi connectivity index (χ1v) is 6.12. The Kier molecular flexibility index (Phi) is 3.93. The van der Waals surface area contributed by atoms with Crippen molar-refractivity contribution in [3.05, 3.63) is 68.1 Å². The van der Waals surface area contributed by atoms with Crippen LogP contribution in [0.3, 0.4) is 0 Å². The van der Waals surface area contributed by atoms with Gasteiger partial charge < -0.3 is 9.67 Å². The number of carboxylic acid groups (broad SMARTS) is 1. The highest BCUT2D eigenvalue weighted by molar-refractivity contribution is 6.35. The fraction of sp³-hybridized carbons (Fsp3) is 0.0769. The van der Waals surface area contributed by atoms with Gasteiger partial charge in [0.25, 0.3) is 5.56 Å². The number of pyridine rings is 1. The minimum atomic E-state index is -1.26. The number of rotatable bonds is 3. The number of hydrogen-bond acceptors (Lipinski definition) is 2. The second-order valence-electron chi connectivity index (χ2n) is 3.86. The summed E-state index contributed by atoms with van der Waals surface area (Å²) in [4.78, 5) is 22.8. The van der Waals surface area contributed by atoms with Gasteiger partial charge in [-0.15, -0.1) is 0 Å². The maximum atomic E-state index is 11.9. The number of aromatic nitrogens is 1. The van der Waals surface area contributed by atoms with Crippen LogP contribution < -0.4 is 5.56 Å². The number of hydrogen-bond donors (Lipinski definition) is 1. The third-order valence-electron chi connectivity index (χ3n) is 2.64. The van der Waals surface area contributed by atoms with E-state index in [1.54, 1.807) is 18.2 Å². The normalized spacial score (nSPS) is 10.4. The van der Waals surface area contributed by atoms with E-state index in [-0.39, 0.29) is 12.1 Å². The van der Waals surface area contributed by atoms with Gasteiger partial charge in [-0.3, -0.25) is 4.79 Å². The topological polar surface area (TPSA) is 59.3 Å². The number of carboxylic acids is 1. The van der Waals surface area contributed by atoms with E-state index in [2.05, 4.69) is 0 Å². The summed E-state index contributed by atoms with van der Waals surface area (Å²) < 4.78 is 1.26. The number of halogens is 2. The van der Waals surface area contributed by atoms with E-state index in [0.29, 0.717) is 15.6 Å². The van der Waals surface area contributed by atoms with Crippen molar-refractivity contribution in [2.75, 3.05) is 0 Å². The van der Waals surface area contributed by atoms with Gasteiger partial charge in [-0.2, -0.15) is 0 Å². The largest absolute Gasteiger partial charge is 0.477 e. The molecule has 0 aliphatic rings. The lowest BCUT2D eigenvalue weighted by molar-refractivity contribution is 0.0694. The van der Waals surface area contributed by atoms with E-state index in [1.165, 1.54) is 22.9 Å². The number of benzene rings is 1. The first kappa shape index (κ1) is 13.6. The lowest BCUT2D eigenvalue weighted by atomic mass is 10.2. The highest BCUT2D eigenvalue weighted by atomic mass is 35.5. The molecule has 0 aliphatic heterocycles. The number of aromatic carboxylic acids is 1. The molecule has 0 bridgehead atoms. The predicted molar refractivity (Wildman–Crippen MR) is 73.2 cm³/mol. The summed E-state index contributed by atoms with van der Waals surface area (Å²) in [6, 6.07) is 7.78. The monoisotopic (exact) mass is 297 g/mol.